The van der Waals surface area contributed by atoms with Crippen LogP contribution < -0.4 is 5.32 Å². The van der Waals surface area contributed by atoms with Crippen LogP contribution in [0, 0.1) is 0 Å². The summed E-state index contributed by atoms with van der Waals surface area (Å²) in [6.07, 6.45) is 83.7. The van der Waals surface area contributed by atoms with Crippen molar-refractivity contribution in [1.29, 1.82) is 0 Å². The summed E-state index contributed by atoms with van der Waals surface area (Å²) in [5.74, 6) is -0.186. The zero-order valence-electron chi connectivity index (χ0n) is 53.7. The Hall–Kier alpha value is -2.89. The fourth-order valence-electron chi connectivity index (χ4n) is 10.7. The van der Waals surface area contributed by atoms with E-state index in [1.54, 1.807) is 6.08 Å². The van der Waals surface area contributed by atoms with Crippen LogP contribution in [0.25, 0.3) is 0 Å². The maximum atomic E-state index is 13.1. The van der Waals surface area contributed by atoms with Crippen LogP contribution >= 0.6 is 0 Å². The van der Waals surface area contributed by atoms with E-state index in [2.05, 4.69) is 104 Å². The van der Waals surface area contributed by atoms with E-state index in [9.17, 15) is 30.3 Å². The van der Waals surface area contributed by atoms with Gasteiger partial charge in [-0.25, -0.2) is 0 Å². The maximum Gasteiger partial charge on any atom is 0.220 e. The number of amides is 1. The van der Waals surface area contributed by atoms with Gasteiger partial charge in [-0.05, 0) is 83.5 Å². The number of hydrogen-bond acceptors (Lipinski definition) is 8. The molecule has 0 aromatic carbocycles. The first kappa shape index (κ1) is 78.1. The van der Waals surface area contributed by atoms with Crippen molar-refractivity contribution < 1.29 is 39.8 Å². The van der Waals surface area contributed by atoms with Crippen LogP contribution in [0.3, 0.4) is 0 Å². The number of carbonyl (C=O) groups is 1. The Morgan fingerprint density at radius 2 is 0.759 bits per heavy atom. The van der Waals surface area contributed by atoms with Gasteiger partial charge in [-0.1, -0.05) is 317 Å². The molecule has 0 spiro atoms. The van der Waals surface area contributed by atoms with Crippen LogP contribution in [-0.4, -0.2) is 87.5 Å². The van der Waals surface area contributed by atoms with E-state index in [-0.39, 0.29) is 12.5 Å². The third-order valence-corrected chi connectivity index (χ3v) is 16.1. The van der Waals surface area contributed by atoms with Gasteiger partial charge in [0, 0.05) is 6.42 Å². The second-order valence-corrected chi connectivity index (χ2v) is 23.9. The normalized spacial score (nSPS) is 18.9. The van der Waals surface area contributed by atoms with Crippen LogP contribution in [0.4, 0.5) is 0 Å². The number of unbranched alkanes of at least 4 members (excludes halogenated alkanes) is 36. The maximum absolute atomic E-state index is 13.1. The summed E-state index contributed by atoms with van der Waals surface area (Å²) < 4.78 is 11.3. The standard InChI is InChI=1S/C74H131NO8/c1-3-5-7-9-11-13-15-17-19-21-23-25-27-29-30-31-32-33-34-35-36-37-38-40-42-44-46-48-50-52-54-56-58-60-62-64-70(78)75-67(66-82-74-73(81)72(80)71(79)69(65-76)83-74)68(77)63-61-59-57-55-53-51-49-47-45-43-41-39-28-26-24-22-20-18-16-14-12-10-8-6-4-2/h5,7,11,13,17,19,23,25,29-30,32-33,53,55,61,63,67-69,71-74,76-77,79-81H,3-4,6,8-10,12,14-16,18,20-22,24,26-28,31,34-52,54,56-60,62,64-66H2,1-2H3,(H,75,78)/b7-5-,13-11-,19-17-,25-23-,30-29-,33-32-,55-53+,63-61+. The van der Waals surface area contributed by atoms with Gasteiger partial charge in [0.05, 0.1) is 25.4 Å². The second kappa shape index (κ2) is 62.2. The molecule has 1 heterocycles. The van der Waals surface area contributed by atoms with Gasteiger partial charge in [0.15, 0.2) is 6.29 Å². The Kier molecular flexibility index (Phi) is 58.5. The Labute approximate surface area is 511 Å². The highest BCUT2D eigenvalue weighted by Crippen LogP contribution is 2.23. The molecule has 9 nitrogen and oxygen atoms in total. The number of allylic oxidation sites excluding steroid dienone is 15. The molecule has 1 aliphatic rings. The van der Waals surface area contributed by atoms with Gasteiger partial charge in [0.25, 0.3) is 0 Å². The van der Waals surface area contributed by atoms with Gasteiger partial charge in [-0.3, -0.25) is 4.79 Å². The molecule has 0 aromatic heterocycles. The fraction of sp³-hybridized carbons (Fsp3) is 0.770. The molecule has 0 aromatic rings. The van der Waals surface area contributed by atoms with Gasteiger partial charge in [-0.15, -0.1) is 0 Å². The third kappa shape index (κ3) is 50.9. The fourth-order valence-corrected chi connectivity index (χ4v) is 10.7. The van der Waals surface area contributed by atoms with Gasteiger partial charge < -0.3 is 40.3 Å². The van der Waals surface area contributed by atoms with Crippen molar-refractivity contribution in [2.24, 2.45) is 0 Å². The molecule has 1 saturated heterocycles. The molecule has 0 saturated carbocycles. The van der Waals surface area contributed by atoms with Crippen LogP contribution in [0.5, 0.6) is 0 Å². The lowest BCUT2D eigenvalue weighted by Crippen LogP contribution is -2.60. The Morgan fingerprint density at radius 1 is 0.422 bits per heavy atom. The molecule has 480 valence electrons. The smallest absolute Gasteiger partial charge is 0.220 e. The van der Waals surface area contributed by atoms with Crippen LogP contribution in [0.15, 0.2) is 97.2 Å². The van der Waals surface area contributed by atoms with Crippen LogP contribution in [-0.2, 0) is 14.3 Å². The van der Waals surface area contributed by atoms with Crippen LogP contribution in [0.1, 0.15) is 309 Å². The first-order valence-electron chi connectivity index (χ1n) is 35.0. The molecule has 0 aliphatic carbocycles. The van der Waals surface area contributed by atoms with Gasteiger partial charge in [0.2, 0.25) is 5.91 Å². The molecule has 1 rings (SSSR count). The molecule has 0 bridgehead atoms. The molecule has 83 heavy (non-hydrogen) atoms. The number of rotatable bonds is 60. The van der Waals surface area contributed by atoms with E-state index < -0.39 is 49.5 Å². The number of hydrogen-bond donors (Lipinski definition) is 6. The van der Waals surface area contributed by atoms with Crippen molar-refractivity contribution in [2.45, 2.75) is 352 Å². The topological polar surface area (TPSA) is 149 Å². The van der Waals surface area contributed by atoms with Gasteiger partial charge in [0.1, 0.15) is 24.4 Å². The lowest BCUT2D eigenvalue weighted by molar-refractivity contribution is -0.302. The third-order valence-electron chi connectivity index (χ3n) is 16.1. The highest BCUT2D eigenvalue weighted by atomic mass is 16.7. The number of ether oxygens (including phenoxy) is 2. The summed E-state index contributed by atoms with van der Waals surface area (Å²) >= 11 is 0. The molecule has 0 radical (unpaired) electrons. The van der Waals surface area contributed by atoms with Crippen molar-refractivity contribution in [3.63, 3.8) is 0 Å². The van der Waals surface area contributed by atoms with Crippen molar-refractivity contribution in [3.05, 3.63) is 97.2 Å². The SMILES string of the molecule is CC/C=C\C/C=C\C/C=C\C/C=C\C/C=C\C/C=C\CCCCCCCCCCCCCCCCCCC(=O)NC(COC1OC(CO)C(O)C(O)C1O)C(O)/C=C/CC/C=C/CCCCCCCCCCCCCCCCCCCCC. The molecule has 1 aliphatic heterocycles. The molecule has 1 amide bonds. The zero-order chi connectivity index (χ0) is 60.0. The minimum absolute atomic E-state index is 0.186. The van der Waals surface area contributed by atoms with Gasteiger partial charge in [-0.2, -0.15) is 0 Å². The zero-order valence-corrected chi connectivity index (χ0v) is 53.7. The predicted molar refractivity (Wildman–Crippen MR) is 355 cm³/mol. The van der Waals surface area contributed by atoms with E-state index >= 15 is 0 Å². The first-order valence-corrected chi connectivity index (χ1v) is 35.0. The van der Waals surface area contributed by atoms with E-state index in [1.165, 1.54) is 212 Å². The monoisotopic (exact) mass is 1160 g/mol. The summed E-state index contributed by atoms with van der Waals surface area (Å²) in [6, 6.07) is -0.828. The Bertz CT molecular complexity index is 1630. The average molecular weight is 1160 g/mol. The molecule has 7 atom stereocenters. The van der Waals surface area contributed by atoms with Gasteiger partial charge >= 0.3 is 0 Å². The molecule has 9 heteroatoms. The quantitative estimate of drug-likeness (QED) is 0.0261. The van der Waals surface area contributed by atoms with Crippen molar-refractivity contribution in [2.75, 3.05) is 13.2 Å². The van der Waals surface area contributed by atoms with E-state index in [0.717, 1.165) is 77.0 Å². The minimum atomic E-state index is -1.58. The average Bonchev–Trinajstić information content (AvgIpc) is 3.60. The first-order chi connectivity index (χ1) is 40.8. The second-order valence-electron chi connectivity index (χ2n) is 23.9. The van der Waals surface area contributed by atoms with Crippen molar-refractivity contribution >= 4 is 5.91 Å². The summed E-state index contributed by atoms with van der Waals surface area (Å²) in [6.45, 7) is 3.68. The Balaban J connectivity index is 2.15. The predicted octanol–water partition coefficient (Wildman–Crippen LogP) is 19.1. The van der Waals surface area contributed by atoms with Crippen molar-refractivity contribution in [1.82, 2.24) is 5.32 Å². The van der Waals surface area contributed by atoms with E-state index in [1.807, 2.05) is 6.08 Å². The van der Waals surface area contributed by atoms with Crippen LogP contribution in [0.2, 0.25) is 0 Å². The summed E-state index contributed by atoms with van der Waals surface area (Å²) in [5, 5.41) is 54.7. The lowest BCUT2D eigenvalue weighted by atomic mass is 9.99. The molecule has 7 unspecified atom stereocenters. The molecular weight excluding hydrogens is 1030 g/mol. The Morgan fingerprint density at radius 3 is 1.16 bits per heavy atom. The van der Waals surface area contributed by atoms with E-state index in [4.69, 9.17) is 9.47 Å². The number of carbonyl (C=O) groups excluding carboxylic acids is 1. The highest BCUT2D eigenvalue weighted by molar-refractivity contribution is 5.76. The minimum Gasteiger partial charge on any atom is -0.394 e. The molecular formula is C74H131NO8. The summed E-state index contributed by atoms with van der Waals surface area (Å²) in [7, 11) is 0. The largest absolute Gasteiger partial charge is 0.394 e. The number of aliphatic hydroxyl groups excluding tert-OH is 5. The summed E-state index contributed by atoms with van der Waals surface area (Å²) in [4.78, 5) is 13.1. The van der Waals surface area contributed by atoms with E-state index in [0.29, 0.717) is 6.42 Å². The number of nitrogens with one attached hydrogen (secondary N) is 1. The number of aliphatic hydroxyl groups is 5. The molecule has 1 fully saturated rings. The lowest BCUT2D eigenvalue weighted by Gasteiger charge is -2.40. The molecule has 6 N–H and O–H groups in total. The highest BCUT2D eigenvalue weighted by Gasteiger charge is 2.44. The van der Waals surface area contributed by atoms with Crippen molar-refractivity contribution in [3.8, 4) is 0 Å². The summed E-state index contributed by atoms with van der Waals surface area (Å²) in [5.41, 5.74) is 0.